The van der Waals surface area contributed by atoms with E-state index in [2.05, 4.69) is 25.9 Å². The second-order valence-electron chi connectivity index (χ2n) is 6.77. The van der Waals surface area contributed by atoms with Crippen LogP contribution in [0.4, 0.5) is 5.13 Å². The van der Waals surface area contributed by atoms with Gasteiger partial charge in [-0.25, -0.2) is 9.97 Å². The number of fused-ring (bicyclic) bond motifs is 1. The SMILES string of the molecule is COc1ccc(OCC(=O)N(CCCn2ccnc2)c2nc3ccc(Br)cc3s2)cc1.Cl. The van der Waals surface area contributed by atoms with Crippen LogP contribution in [0.2, 0.25) is 0 Å². The predicted molar refractivity (Wildman–Crippen MR) is 132 cm³/mol. The van der Waals surface area contributed by atoms with Crippen molar-refractivity contribution in [1.29, 1.82) is 0 Å². The van der Waals surface area contributed by atoms with Crippen LogP contribution in [0.25, 0.3) is 10.2 Å². The number of benzene rings is 2. The first-order valence-electron chi connectivity index (χ1n) is 9.71. The Bertz CT molecular complexity index is 1150. The summed E-state index contributed by atoms with van der Waals surface area (Å²) in [4.78, 5) is 23.5. The number of anilines is 1. The molecule has 4 rings (SSSR count). The van der Waals surface area contributed by atoms with E-state index < -0.39 is 0 Å². The molecular weight excluding hydrogens is 516 g/mol. The number of ether oxygens (including phenoxy) is 2. The second kappa shape index (κ2) is 11.3. The third-order valence-corrected chi connectivity index (χ3v) is 6.18. The van der Waals surface area contributed by atoms with Gasteiger partial charge in [-0.15, -0.1) is 12.4 Å². The summed E-state index contributed by atoms with van der Waals surface area (Å²) in [6.45, 7) is 1.22. The van der Waals surface area contributed by atoms with Gasteiger partial charge in [0.1, 0.15) is 11.5 Å². The monoisotopic (exact) mass is 536 g/mol. The van der Waals surface area contributed by atoms with Crippen LogP contribution in [0.3, 0.4) is 0 Å². The number of aromatic nitrogens is 3. The molecular formula is C22H22BrClN4O3S. The number of hydrogen-bond donors (Lipinski definition) is 0. The molecule has 0 aliphatic carbocycles. The molecule has 0 spiro atoms. The molecule has 2 aromatic heterocycles. The highest BCUT2D eigenvalue weighted by molar-refractivity contribution is 9.10. The first-order chi connectivity index (χ1) is 15.1. The normalized spacial score (nSPS) is 10.6. The number of amides is 1. The number of methoxy groups -OCH3 is 1. The Labute approximate surface area is 204 Å². The van der Waals surface area contributed by atoms with Gasteiger partial charge in [-0.1, -0.05) is 27.3 Å². The fraction of sp³-hybridized carbons (Fsp3) is 0.227. The van der Waals surface area contributed by atoms with Gasteiger partial charge in [-0.05, 0) is 48.9 Å². The Kier molecular flexibility index (Phi) is 8.49. The molecule has 2 heterocycles. The molecule has 0 unspecified atom stereocenters. The van der Waals surface area contributed by atoms with Crippen molar-refractivity contribution in [2.75, 3.05) is 25.2 Å². The summed E-state index contributed by atoms with van der Waals surface area (Å²) >= 11 is 4.99. The maximum absolute atomic E-state index is 13.1. The summed E-state index contributed by atoms with van der Waals surface area (Å²) in [6, 6.07) is 13.1. The van der Waals surface area contributed by atoms with E-state index >= 15 is 0 Å². The lowest BCUT2D eigenvalue weighted by Crippen LogP contribution is -2.36. The van der Waals surface area contributed by atoms with Crippen LogP contribution in [0, 0.1) is 0 Å². The molecule has 10 heteroatoms. The first-order valence-corrected chi connectivity index (χ1v) is 11.3. The molecule has 1 amide bonds. The third kappa shape index (κ3) is 5.99. The molecule has 0 aliphatic heterocycles. The van der Waals surface area contributed by atoms with Gasteiger partial charge in [-0.3, -0.25) is 9.69 Å². The van der Waals surface area contributed by atoms with Gasteiger partial charge in [-0.2, -0.15) is 0 Å². The largest absolute Gasteiger partial charge is 0.497 e. The van der Waals surface area contributed by atoms with E-state index in [4.69, 9.17) is 9.47 Å². The van der Waals surface area contributed by atoms with Crippen LogP contribution in [-0.4, -0.2) is 40.7 Å². The van der Waals surface area contributed by atoms with Crippen molar-refractivity contribution in [3.63, 3.8) is 0 Å². The van der Waals surface area contributed by atoms with Gasteiger partial charge in [0.25, 0.3) is 5.91 Å². The quantitative estimate of drug-likeness (QED) is 0.294. The van der Waals surface area contributed by atoms with E-state index in [1.807, 2.05) is 29.0 Å². The number of thiazole rings is 1. The predicted octanol–water partition coefficient (Wildman–Crippen LogP) is 5.19. The number of hydrogen-bond acceptors (Lipinski definition) is 6. The first kappa shape index (κ1) is 24.0. The van der Waals surface area contributed by atoms with Crippen LogP contribution in [-0.2, 0) is 11.3 Å². The second-order valence-corrected chi connectivity index (χ2v) is 8.70. The Balaban J connectivity index is 0.00000289. The summed E-state index contributed by atoms with van der Waals surface area (Å²) in [7, 11) is 1.61. The standard InChI is InChI=1S/C22H21BrN4O3S.ClH/c1-29-17-4-6-18(7-5-17)30-14-21(28)27(11-2-10-26-12-9-24-15-26)22-25-19-8-3-16(23)13-20(19)31-22;/h3-9,12-13,15H,2,10-11,14H2,1H3;1H. The summed E-state index contributed by atoms with van der Waals surface area (Å²) in [5.74, 6) is 1.21. The molecule has 0 N–H and O–H groups in total. The lowest BCUT2D eigenvalue weighted by Gasteiger charge is -2.20. The molecule has 0 aliphatic rings. The number of carbonyl (C=O) groups excluding carboxylic acids is 1. The number of carbonyl (C=O) groups is 1. The van der Waals surface area contributed by atoms with E-state index in [9.17, 15) is 4.79 Å². The van der Waals surface area contributed by atoms with E-state index in [0.29, 0.717) is 17.4 Å². The highest BCUT2D eigenvalue weighted by atomic mass is 79.9. The van der Waals surface area contributed by atoms with Crippen LogP contribution in [0.1, 0.15) is 6.42 Å². The minimum atomic E-state index is -0.139. The van der Waals surface area contributed by atoms with Gasteiger partial charge in [0.2, 0.25) is 0 Å². The van der Waals surface area contributed by atoms with E-state index in [1.54, 1.807) is 48.8 Å². The number of nitrogens with zero attached hydrogens (tertiary/aromatic N) is 4. The fourth-order valence-electron chi connectivity index (χ4n) is 3.05. The minimum absolute atomic E-state index is 0. The van der Waals surface area contributed by atoms with Gasteiger partial charge in [0, 0.05) is 30.0 Å². The van der Waals surface area contributed by atoms with Crippen molar-refractivity contribution < 1.29 is 14.3 Å². The lowest BCUT2D eigenvalue weighted by molar-refractivity contribution is -0.120. The van der Waals surface area contributed by atoms with Gasteiger partial charge in [0.05, 0.1) is 23.7 Å². The van der Waals surface area contributed by atoms with Crippen LogP contribution >= 0.6 is 39.7 Å². The Hall–Kier alpha value is -2.62. The maximum atomic E-state index is 13.1. The zero-order valence-electron chi connectivity index (χ0n) is 17.3. The average Bonchev–Trinajstić information content (AvgIpc) is 3.44. The molecule has 0 saturated carbocycles. The Morgan fingerprint density at radius 1 is 1.19 bits per heavy atom. The Morgan fingerprint density at radius 2 is 1.97 bits per heavy atom. The van der Waals surface area contributed by atoms with E-state index in [-0.39, 0.29) is 24.9 Å². The van der Waals surface area contributed by atoms with Crippen LogP contribution in [0.5, 0.6) is 11.5 Å². The third-order valence-electron chi connectivity index (χ3n) is 4.65. The smallest absolute Gasteiger partial charge is 0.266 e. The van der Waals surface area contributed by atoms with Crippen molar-refractivity contribution in [1.82, 2.24) is 14.5 Å². The number of aryl methyl sites for hydroxylation is 1. The van der Waals surface area contributed by atoms with Crippen molar-refractivity contribution in [2.24, 2.45) is 0 Å². The summed E-state index contributed by atoms with van der Waals surface area (Å²) in [6.07, 6.45) is 6.20. The molecule has 168 valence electrons. The van der Waals surface area contributed by atoms with Crippen molar-refractivity contribution in [2.45, 2.75) is 13.0 Å². The molecule has 0 bridgehead atoms. The van der Waals surface area contributed by atoms with Gasteiger partial charge < -0.3 is 14.0 Å². The molecule has 0 fully saturated rings. The summed E-state index contributed by atoms with van der Waals surface area (Å²) < 4.78 is 14.9. The van der Waals surface area contributed by atoms with Crippen molar-refractivity contribution in [3.8, 4) is 11.5 Å². The van der Waals surface area contributed by atoms with Crippen LogP contribution in [0.15, 0.2) is 65.7 Å². The van der Waals surface area contributed by atoms with Crippen molar-refractivity contribution in [3.05, 3.63) is 65.7 Å². The molecule has 0 saturated heterocycles. The van der Waals surface area contributed by atoms with E-state index in [1.165, 1.54) is 11.3 Å². The fourth-order valence-corrected chi connectivity index (χ4v) is 4.61. The average molecular weight is 538 g/mol. The molecule has 32 heavy (non-hydrogen) atoms. The molecule has 0 radical (unpaired) electrons. The highest BCUT2D eigenvalue weighted by Gasteiger charge is 2.20. The Morgan fingerprint density at radius 3 is 2.69 bits per heavy atom. The van der Waals surface area contributed by atoms with Crippen molar-refractivity contribution >= 4 is 60.9 Å². The van der Waals surface area contributed by atoms with Gasteiger partial charge in [0.15, 0.2) is 11.7 Å². The summed E-state index contributed by atoms with van der Waals surface area (Å²) in [5, 5.41) is 0.669. The molecule has 7 nitrogen and oxygen atoms in total. The zero-order chi connectivity index (χ0) is 21.6. The van der Waals surface area contributed by atoms with E-state index in [0.717, 1.165) is 33.4 Å². The zero-order valence-corrected chi connectivity index (χ0v) is 20.5. The highest BCUT2D eigenvalue weighted by Crippen LogP contribution is 2.31. The molecule has 0 atom stereocenters. The molecule has 4 aromatic rings. The summed E-state index contributed by atoms with van der Waals surface area (Å²) in [5.41, 5.74) is 0.867. The van der Waals surface area contributed by atoms with Gasteiger partial charge >= 0.3 is 0 Å². The number of rotatable bonds is 9. The molecule has 2 aromatic carbocycles. The maximum Gasteiger partial charge on any atom is 0.266 e. The minimum Gasteiger partial charge on any atom is -0.497 e. The topological polar surface area (TPSA) is 69.5 Å². The number of imidazole rings is 1. The lowest BCUT2D eigenvalue weighted by atomic mass is 10.3. The van der Waals surface area contributed by atoms with Crippen LogP contribution < -0.4 is 14.4 Å². The number of halogens is 2.